The number of nitrogens with zero attached hydrogens (tertiary/aromatic N) is 3. The lowest BCUT2D eigenvalue weighted by Crippen LogP contribution is -2.50. The molecule has 0 aliphatic carbocycles. The minimum atomic E-state index is -4.95. The Bertz CT molecular complexity index is 1230. The molecular weight excluding hydrogens is 612 g/mol. The molecule has 2 amide bonds. The van der Waals surface area contributed by atoms with Gasteiger partial charge in [0.25, 0.3) is 0 Å². The highest BCUT2D eigenvalue weighted by Gasteiger charge is 2.40. The normalized spacial score (nSPS) is 21.0. The second kappa shape index (κ2) is 14.5. The SMILES string of the molecule is CC(OC1CCN(C(=O)C2CCN(CC(=O)N(C)C)CC2)CC1c1ccccc1)c1cc(C(F)(F)F)cc(C(F)(F)F)c1.Cl. The van der Waals surface area contributed by atoms with Crippen molar-refractivity contribution in [1.82, 2.24) is 14.7 Å². The molecule has 3 unspecified atom stereocenters. The van der Waals surface area contributed by atoms with Gasteiger partial charge in [-0.3, -0.25) is 14.5 Å². The molecule has 244 valence electrons. The van der Waals surface area contributed by atoms with E-state index in [9.17, 15) is 35.9 Å². The highest BCUT2D eigenvalue weighted by molar-refractivity contribution is 5.85. The molecule has 0 N–H and O–H groups in total. The molecule has 2 aliphatic heterocycles. The van der Waals surface area contributed by atoms with Gasteiger partial charge in [0.2, 0.25) is 11.8 Å². The van der Waals surface area contributed by atoms with E-state index in [4.69, 9.17) is 4.74 Å². The molecule has 2 saturated heterocycles. The van der Waals surface area contributed by atoms with Gasteiger partial charge in [0.05, 0.1) is 29.9 Å². The number of piperidine rings is 2. The van der Waals surface area contributed by atoms with E-state index in [1.807, 2.05) is 35.2 Å². The molecule has 6 nitrogen and oxygen atoms in total. The summed E-state index contributed by atoms with van der Waals surface area (Å²) in [5.41, 5.74) is -2.11. The van der Waals surface area contributed by atoms with Gasteiger partial charge < -0.3 is 14.5 Å². The van der Waals surface area contributed by atoms with Crippen molar-refractivity contribution in [3.63, 3.8) is 0 Å². The van der Waals surface area contributed by atoms with Gasteiger partial charge in [-0.1, -0.05) is 30.3 Å². The Morgan fingerprint density at radius 3 is 2.00 bits per heavy atom. The van der Waals surface area contributed by atoms with Gasteiger partial charge in [-0.25, -0.2) is 0 Å². The smallest absolute Gasteiger partial charge is 0.370 e. The molecule has 0 spiro atoms. The fourth-order valence-corrected chi connectivity index (χ4v) is 5.80. The average molecular weight is 650 g/mol. The summed E-state index contributed by atoms with van der Waals surface area (Å²) in [6, 6.07) is 10.8. The van der Waals surface area contributed by atoms with Crippen LogP contribution in [-0.4, -0.2) is 79.4 Å². The van der Waals surface area contributed by atoms with Crippen LogP contribution in [0.2, 0.25) is 0 Å². The van der Waals surface area contributed by atoms with Crippen LogP contribution in [0.25, 0.3) is 0 Å². The number of hydrogen-bond donors (Lipinski definition) is 0. The second-order valence-electron chi connectivity index (χ2n) is 11.6. The van der Waals surface area contributed by atoms with E-state index >= 15 is 0 Å². The number of carbonyl (C=O) groups is 2. The largest absolute Gasteiger partial charge is 0.416 e. The van der Waals surface area contributed by atoms with Crippen LogP contribution in [0.5, 0.6) is 0 Å². The molecule has 3 atom stereocenters. The predicted octanol–water partition coefficient (Wildman–Crippen LogP) is 6.41. The number of rotatable bonds is 7. The molecule has 0 saturated carbocycles. The number of ether oxygens (including phenoxy) is 1. The van der Waals surface area contributed by atoms with Crippen LogP contribution in [-0.2, 0) is 26.7 Å². The third-order valence-electron chi connectivity index (χ3n) is 8.34. The fourth-order valence-electron chi connectivity index (χ4n) is 5.80. The van der Waals surface area contributed by atoms with Crippen molar-refractivity contribution in [3.05, 3.63) is 70.8 Å². The number of likely N-dealkylation sites (N-methyl/N-ethyl adjacent to an activating group) is 1. The lowest BCUT2D eigenvalue weighted by molar-refractivity contribution is -0.143. The Labute approximate surface area is 259 Å². The summed E-state index contributed by atoms with van der Waals surface area (Å²) in [4.78, 5) is 31.0. The van der Waals surface area contributed by atoms with Gasteiger partial charge in [-0.2, -0.15) is 26.3 Å². The summed E-state index contributed by atoms with van der Waals surface area (Å²) in [6.45, 7) is 3.69. The van der Waals surface area contributed by atoms with Gasteiger partial charge >= 0.3 is 12.4 Å². The number of hydrogen-bond acceptors (Lipinski definition) is 4. The van der Waals surface area contributed by atoms with E-state index in [0.717, 1.165) is 5.56 Å². The molecule has 44 heavy (non-hydrogen) atoms. The number of benzene rings is 2. The maximum Gasteiger partial charge on any atom is 0.416 e. The molecule has 0 aromatic heterocycles. The first-order valence-corrected chi connectivity index (χ1v) is 14.3. The van der Waals surface area contributed by atoms with Crippen LogP contribution in [0.15, 0.2) is 48.5 Å². The minimum Gasteiger partial charge on any atom is -0.370 e. The van der Waals surface area contributed by atoms with Crippen LogP contribution in [0, 0.1) is 5.92 Å². The lowest BCUT2D eigenvalue weighted by atomic mass is 9.86. The average Bonchev–Trinajstić information content (AvgIpc) is 2.96. The Morgan fingerprint density at radius 2 is 1.48 bits per heavy atom. The first kappa shape index (κ1) is 35.6. The maximum absolute atomic E-state index is 13.6. The van der Waals surface area contributed by atoms with E-state index in [1.54, 1.807) is 19.0 Å². The zero-order valence-electron chi connectivity index (χ0n) is 24.8. The Hall–Kier alpha value is -2.83. The van der Waals surface area contributed by atoms with Gasteiger partial charge in [0.15, 0.2) is 0 Å². The molecule has 2 aromatic carbocycles. The van der Waals surface area contributed by atoms with Gasteiger partial charge in [0, 0.05) is 39.0 Å². The van der Waals surface area contributed by atoms with Crippen molar-refractivity contribution in [3.8, 4) is 0 Å². The summed E-state index contributed by atoms with van der Waals surface area (Å²) >= 11 is 0. The van der Waals surface area contributed by atoms with E-state index in [2.05, 4.69) is 0 Å². The number of halogens is 7. The number of alkyl halides is 6. The zero-order chi connectivity index (χ0) is 31.5. The molecule has 13 heteroatoms. The first-order valence-electron chi connectivity index (χ1n) is 14.3. The Balaban J connectivity index is 0.00000529. The van der Waals surface area contributed by atoms with Crippen LogP contribution < -0.4 is 0 Å². The van der Waals surface area contributed by atoms with E-state index < -0.39 is 35.7 Å². The molecule has 2 heterocycles. The molecule has 4 rings (SSSR count). The van der Waals surface area contributed by atoms with Crippen molar-refractivity contribution in [1.29, 1.82) is 0 Å². The lowest BCUT2D eigenvalue weighted by Gasteiger charge is -2.42. The van der Waals surface area contributed by atoms with Crippen LogP contribution in [0.4, 0.5) is 26.3 Å². The molecule has 2 aliphatic rings. The summed E-state index contributed by atoms with van der Waals surface area (Å²) in [5, 5.41) is 0. The van der Waals surface area contributed by atoms with E-state index in [1.165, 1.54) is 11.8 Å². The zero-order valence-corrected chi connectivity index (χ0v) is 25.6. The predicted molar refractivity (Wildman–Crippen MR) is 155 cm³/mol. The number of carbonyl (C=O) groups excluding carboxylic acids is 2. The molecular formula is C31H38ClF6N3O3. The molecule has 2 fully saturated rings. The molecule has 0 radical (unpaired) electrons. The number of likely N-dealkylation sites (tertiary alicyclic amines) is 2. The summed E-state index contributed by atoms with van der Waals surface area (Å²) in [7, 11) is 3.41. The maximum atomic E-state index is 13.6. The van der Waals surface area contributed by atoms with Crippen molar-refractivity contribution in [2.75, 3.05) is 46.8 Å². The Morgan fingerprint density at radius 1 is 0.909 bits per heavy atom. The van der Waals surface area contributed by atoms with Crippen LogP contribution >= 0.6 is 12.4 Å². The summed E-state index contributed by atoms with van der Waals surface area (Å²) < 4.78 is 87.0. The molecule has 2 aromatic rings. The highest BCUT2D eigenvalue weighted by atomic mass is 35.5. The van der Waals surface area contributed by atoms with Crippen molar-refractivity contribution in [2.24, 2.45) is 5.92 Å². The quantitative estimate of drug-likeness (QED) is 0.326. The minimum absolute atomic E-state index is 0. The number of amides is 2. The topological polar surface area (TPSA) is 53.1 Å². The van der Waals surface area contributed by atoms with Crippen molar-refractivity contribution in [2.45, 2.75) is 56.7 Å². The van der Waals surface area contributed by atoms with Gasteiger partial charge in [0.1, 0.15) is 0 Å². The van der Waals surface area contributed by atoms with E-state index in [-0.39, 0.29) is 47.7 Å². The van der Waals surface area contributed by atoms with Gasteiger partial charge in [-0.05, 0) is 68.6 Å². The molecule has 0 bridgehead atoms. The van der Waals surface area contributed by atoms with Crippen LogP contribution in [0.3, 0.4) is 0 Å². The standard InChI is InChI=1S/C31H37F6N3O3.ClH/c1-20(23-15-24(30(32,33)34)17-25(16-23)31(35,36)37)43-27-11-14-40(18-26(27)21-7-5-4-6-8-21)29(42)22-9-12-39(13-10-22)19-28(41)38(2)3;/h4-8,15-17,20,22,26-27H,9-14,18-19H2,1-3H3;1H. The van der Waals surface area contributed by atoms with Crippen LogP contribution in [0.1, 0.15) is 60.5 Å². The summed E-state index contributed by atoms with van der Waals surface area (Å²) in [6.07, 6.45) is -9.88. The third-order valence-corrected chi connectivity index (χ3v) is 8.34. The fraction of sp³-hybridized carbons (Fsp3) is 0.548. The Kier molecular flexibility index (Phi) is 11.8. The monoisotopic (exact) mass is 649 g/mol. The van der Waals surface area contributed by atoms with E-state index in [0.29, 0.717) is 64.1 Å². The van der Waals surface area contributed by atoms with Crippen molar-refractivity contribution >= 4 is 24.2 Å². The third kappa shape index (κ3) is 8.88. The second-order valence-corrected chi connectivity index (χ2v) is 11.6. The van der Waals surface area contributed by atoms with Crippen molar-refractivity contribution < 1.29 is 40.7 Å². The van der Waals surface area contributed by atoms with Gasteiger partial charge in [-0.15, -0.1) is 12.4 Å². The highest BCUT2D eigenvalue weighted by Crippen LogP contribution is 2.40. The summed E-state index contributed by atoms with van der Waals surface area (Å²) in [5.74, 6) is -0.498. The first-order chi connectivity index (χ1) is 20.1.